The molecule has 2 rings (SSSR count). The number of para-hydroxylation sites is 2. The average molecular weight is 393 g/mol. The van der Waals surface area contributed by atoms with E-state index in [1.165, 1.54) is 0 Å². The number of carbonyl (C=O) groups excluding carboxylic acids is 1. The minimum atomic E-state index is -0.234. The number of carbonyl (C=O) groups is 1. The Bertz CT molecular complexity index is 709. The van der Waals surface area contributed by atoms with Gasteiger partial charge in [0.25, 0.3) is 0 Å². The number of hydrogen-bond donors (Lipinski definition) is 1. The quantitative estimate of drug-likeness (QED) is 0.612. The highest BCUT2D eigenvalue weighted by molar-refractivity contribution is 6.30. The smallest absolute Gasteiger partial charge is 0.321 e. The molecule has 1 N–H and O–H groups in total. The Kier molecular flexibility index (Phi) is 8.74. The second-order valence-corrected chi connectivity index (χ2v) is 6.28. The van der Waals surface area contributed by atoms with Crippen LogP contribution in [0.3, 0.4) is 0 Å². The van der Waals surface area contributed by atoms with Gasteiger partial charge < -0.3 is 24.4 Å². The van der Waals surface area contributed by atoms with Crippen LogP contribution in [0.4, 0.5) is 10.5 Å². The van der Waals surface area contributed by atoms with Crippen molar-refractivity contribution in [1.29, 1.82) is 0 Å². The number of ether oxygens (including phenoxy) is 3. The molecule has 0 saturated heterocycles. The second-order valence-electron chi connectivity index (χ2n) is 5.85. The Hall–Kier alpha value is -2.44. The number of urea groups is 1. The fourth-order valence-corrected chi connectivity index (χ4v) is 2.35. The first-order valence-corrected chi connectivity index (χ1v) is 9.09. The summed E-state index contributed by atoms with van der Waals surface area (Å²) in [5, 5.41) is 3.52. The van der Waals surface area contributed by atoms with Crippen LogP contribution in [0.25, 0.3) is 0 Å². The van der Waals surface area contributed by atoms with E-state index in [4.69, 9.17) is 25.8 Å². The lowest BCUT2D eigenvalue weighted by molar-refractivity contribution is 0.172. The van der Waals surface area contributed by atoms with E-state index in [9.17, 15) is 4.79 Å². The number of methoxy groups -OCH3 is 1. The monoisotopic (exact) mass is 392 g/mol. The van der Waals surface area contributed by atoms with Gasteiger partial charge >= 0.3 is 6.03 Å². The molecule has 0 unspecified atom stereocenters. The first-order valence-electron chi connectivity index (χ1n) is 8.71. The van der Waals surface area contributed by atoms with Crippen LogP contribution in [0.2, 0.25) is 5.02 Å². The summed E-state index contributed by atoms with van der Waals surface area (Å²) >= 11 is 5.84. The van der Waals surface area contributed by atoms with Crippen molar-refractivity contribution in [1.82, 2.24) is 4.90 Å². The summed E-state index contributed by atoms with van der Waals surface area (Å²) in [6, 6.07) is 14.2. The molecule has 0 heterocycles. The number of nitrogens with zero attached hydrogens (tertiary/aromatic N) is 1. The van der Waals surface area contributed by atoms with Gasteiger partial charge in [0, 0.05) is 32.2 Å². The molecule has 0 saturated carbocycles. The molecule has 0 fully saturated rings. The first-order chi connectivity index (χ1) is 13.1. The maximum absolute atomic E-state index is 12.4. The lowest BCUT2D eigenvalue weighted by Gasteiger charge is -2.19. The van der Waals surface area contributed by atoms with E-state index in [0.717, 1.165) is 6.42 Å². The van der Waals surface area contributed by atoms with Gasteiger partial charge in [0.1, 0.15) is 18.1 Å². The van der Waals surface area contributed by atoms with Crippen LogP contribution in [0.1, 0.15) is 6.42 Å². The maximum atomic E-state index is 12.4. The Balaban J connectivity index is 1.80. The molecule has 0 aliphatic carbocycles. The maximum Gasteiger partial charge on any atom is 0.321 e. The van der Waals surface area contributed by atoms with Crippen molar-refractivity contribution >= 4 is 23.3 Å². The van der Waals surface area contributed by atoms with Crippen LogP contribution in [0, 0.1) is 0 Å². The Labute approximate surface area is 165 Å². The van der Waals surface area contributed by atoms with Gasteiger partial charge in [-0.15, -0.1) is 0 Å². The van der Waals surface area contributed by atoms with Crippen LogP contribution in [0.5, 0.6) is 11.5 Å². The molecule has 27 heavy (non-hydrogen) atoms. The van der Waals surface area contributed by atoms with Gasteiger partial charge in [-0.05, 0) is 36.4 Å². The predicted molar refractivity (Wildman–Crippen MR) is 107 cm³/mol. The van der Waals surface area contributed by atoms with Crippen molar-refractivity contribution in [3.63, 3.8) is 0 Å². The zero-order valence-corrected chi connectivity index (χ0v) is 16.4. The lowest BCUT2D eigenvalue weighted by atomic mass is 10.3. The van der Waals surface area contributed by atoms with Gasteiger partial charge in [-0.25, -0.2) is 4.79 Å². The molecule has 2 aromatic rings. The van der Waals surface area contributed by atoms with Crippen molar-refractivity contribution in [3.05, 3.63) is 53.6 Å². The molecule has 0 spiro atoms. The van der Waals surface area contributed by atoms with E-state index in [0.29, 0.717) is 48.6 Å². The second kappa shape index (κ2) is 11.3. The van der Waals surface area contributed by atoms with Gasteiger partial charge in [0.2, 0.25) is 0 Å². The van der Waals surface area contributed by atoms with Crippen LogP contribution in [-0.2, 0) is 4.74 Å². The van der Waals surface area contributed by atoms with Gasteiger partial charge in [-0.1, -0.05) is 23.7 Å². The zero-order chi connectivity index (χ0) is 19.5. The Morgan fingerprint density at radius 2 is 1.78 bits per heavy atom. The molecule has 0 atom stereocenters. The van der Waals surface area contributed by atoms with Gasteiger partial charge in [-0.2, -0.15) is 0 Å². The fraction of sp³-hybridized carbons (Fsp3) is 0.350. The summed E-state index contributed by atoms with van der Waals surface area (Å²) in [5.41, 5.74) is 0.630. The number of anilines is 1. The number of halogens is 1. The topological polar surface area (TPSA) is 60.0 Å². The molecule has 7 heteroatoms. The molecule has 146 valence electrons. The normalized spacial score (nSPS) is 10.3. The fourth-order valence-electron chi connectivity index (χ4n) is 2.22. The van der Waals surface area contributed by atoms with Crippen molar-refractivity contribution in [2.75, 3.05) is 45.8 Å². The van der Waals surface area contributed by atoms with E-state index in [1.54, 1.807) is 43.3 Å². The first kappa shape index (κ1) is 20.9. The number of hydrogen-bond acceptors (Lipinski definition) is 4. The molecular formula is C20H25ClN2O4. The van der Waals surface area contributed by atoms with Gasteiger partial charge in [0.05, 0.1) is 18.8 Å². The third-order valence-corrected chi connectivity index (χ3v) is 3.99. The Morgan fingerprint density at radius 1 is 1.04 bits per heavy atom. The summed E-state index contributed by atoms with van der Waals surface area (Å²) in [6.45, 7) is 1.96. The highest BCUT2D eigenvalue weighted by Crippen LogP contribution is 2.24. The number of amides is 2. The van der Waals surface area contributed by atoms with Gasteiger partial charge in [0.15, 0.2) is 0 Å². The number of likely N-dealkylation sites (N-methyl/N-ethyl adjacent to an activating group) is 1. The number of nitrogens with one attached hydrogen (secondary N) is 1. The minimum Gasteiger partial charge on any atom is -0.492 e. The van der Waals surface area contributed by atoms with E-state index < -0.39 is 0 Å². The largest absolute Gasteiger partial charge is 0.492 e. The SMILES string of the molecule is COCCCOc1ccccc1NC(=O)N(C)CCOc1ccc(Cl)cc1. The van der Waals surface area contributed by atoms with Crippen molar-refractivity contribution in [2.24, 2.45) is 0 Å². The van der Waals surface area contributed by atoms with E-state index in [-0.39, 0.29) is 6.03 Å². The number of benzene rings is 2. The standard InChI is InChI=1S/C20H25ClN2O4/c1-23(12-15-26-17-10-8-16(21)9-11-17)20(24)22-18-6-3-4-7-19(18)27-14-5-13-25-2/h3-4,6-11H,5,12-15H2,1-2H3,(H,22,24). The summed E-state index contributed by atoms with van der Waals surface area (Å²) in [7, 11) is 3.36. The summed E-state index contributed by atoms with van der Waals surface area (Å²) < 4.78 is 16.3. The highest BCUT2D eigenvalue weighted by atomic mass is 35.5. The third kappa shape index (κ3) is 7.37. The molecule has 0 aromatic heterocycles. The summed E-state index contributed by atoms with van der Waals surface area (Å²) in [5.74, 6) is 1.34. The molecule has 0 aliphatic rings. The van der Waals surface area contributed by atoms with Crippen molar-refractivity contribution in [3.8, 4) is 11.5 Å². The summed E-state index contributed by atoms with van der Waals surface area (Å²) in [6.07, 6.45) is 0.778. The van der Waals surface area contributed by atoms with Gasteiger partial charge in [-0.3, -0.25) is 0 Å². The molecule has 2 amide bonds. The highest BCUT2D eigenvalue weighted by Gasteiger charge is 2.12. The van der Waals surface area contributed by atoms with Crippen LogP contribution >= 0.6 is 11.6 Å². The molecule has 0 bridgehead atoms. The van der Waals surface area contributed by atoms with Crippen molar-refractivity contribution < 1.29 is 19.0 Å². The molecule has 2 aromatic carbocycles. The van der Waals surface area contributed by atoms with E-state index in [1.807, 2.05) is 24.3 Å². The van der Waals surface area contributed by atoms with E-state index in [2.05, 4.69) is 5.32 Å². The zero-order valence-electron chi connectivity index (χ0n) is 15.6. The molecule has 6 nitrogen and oxygen atoms in total. The van der Waals surface area contributed by atoms with E-state index >= 15 is 0 Å². The molecule has 0 radical (unpaired) electrons. The molecular weight excluding hydrogens is 368 g/mol. The van der Waals surface area contributed by atoms with Crippen molar-refractivity contribution in [2.45, 2.75) is 6.42 Å². The van der Waals surface area contributed by atoms with Crippen LogP contribution in [0.15, 0.2) is 48.5 Å². The summed E-state index contributed by atoms with van der Waals surface area (Å²) in [4.78, 5) is 13.9. The van der Waals surface area contributed by atoms with Crippen LogP contribution < -0.4 is 14.8 Å². The number of rotatable bonds is 10. The Morgan fingerprint density at radius 3 is 2.52 bits per heavy atom. The van der Waals surface area contributed by atoms with Crippen LogP contribution in [-0.4, -0.2) is 51.5 Å². The molecule has 0 aliphatic heterocycles. The lowest BCUT2D eigenvalue weighted by Crippen LogP contribution is -2.34. The average Bonchev–Trinajstić information content (AvgIpc) is 2.68. The third-order valence-electron chi connectivity index (χ3n) is 3.73. The minimum absolute atomic E-state index is 0.234. The predicted octanol–water partition coefficient (Wildman–Crippen LogP) is 4.30.